The molecule has 0 heterocycles. The average Bonchev–Trinajstić information content (AvgIpc) is 2.17. The second-order valence-corrected chi connectivity index (χ2v) is 2.66. The van der Waals surface area contributed by atoms with Crippen LogP contribution in [0, 0.1) is 17.2 Å². The Labute approximate surface area is 60.2 Å². The molecule has 1 atom stereocenters. The Kier molecular flexibility index (Phi) is 1.58. The van der Waals surface area contributed by atoms with Gasteiger partial charge < -0.3 is 0 Å². The van der Waals surface area contributed by atoms with Gasteiger partial charge in [-0.15, -0.1) is 0 Å². The van der Waals surface area contributed by atoms with E-state index in [1.807, 2.05) is 13.0 Å². The van der Waals surface area contributed by atoms with Gasteiger partial charge in [0.25, 0.3) is 0 Å². The summed E-state index contributed by atoms with van der Waals surface area (Å²) in [5, 5.41) is 8.47. The molecule has 0 saturated carbocycles. The highest BCUT2D eigenvalue weighted by molar-refractivity contribution is 6.01. The van der Waals surface area contributed by atoms with Crippen LogP contribution in [0.15, 0.2) is 11.1 Å². The lowest BCUT2D eigenvalue weighted by molar-refractivity contribution is -0.116. The van der Waals surface area contributed by atoms with E-state index in [0.29, 0.717) is 6.42 Å². The monoisotopic (exact) mass is 135 g/mol. The molecule has 0 saturated heterocycles. The van der Waals surface area contributed by atoms with Gasteiger partial charge in [-0.05, 0) is 25.8 Å². The Hall–Kier alpha value is -1.10. The van der Waals surface area contributed by atoms with Gasteiger partial charge >= 0.3 is 0 Å². The predicted molar refractivity (Wildman–Crippen MR) is 37.1 cm³/mol. The largest absolute Gasteiger partial charge is 0.293 e. The van der Waals surface area contributed by atoms with Crippen molar-refractivity contribution in [1.29, 1.82) is 5.26 Å². The predicted octanol–water partition coefficient (Wildman–Crippen LogP) is 1.44. The third-order valence-corrected chi connectivity index (χ3v) is 1.99. The van der Waals surface area contributed by atoms with Crippen molar-refractivity contribution in [2.75, 3.05) is 0 Å². The number of carbonyl (C=O) groups excluding carboxylic acids is 1. The van der Waals surface area contributed by atoms with Crippen LogP contribution in [-0.2, 0) is 4.79 Å². The van der Waals surface area contributed by atoms with Gasteiger partial charge in [-0.2, -0.15) is 5.26 Å². The molecule has 0 N–H and O–H groups in total. The summed E-state index contributed by atoms with van der Waals surface area (Å²) in [5.74, 6) is -0.375. The van der Waals surface area contributed by atoms with E-state index in [2.05, 4.69) is 0 Å². The van der Waals surface area contributed by atoms with Gasteiger partial charge in [0.1, 0.15) is 5.92 Å². The third-order valence-electron chi connectivity index (χ3n) is 1.99. The molecule has 0 fully saturated rings. The number of hydrogen-bond donors (Lipinski definition) is 0. The van der Waals surface area contributed by atoms with Crippen molar-refractivity contribution >= 4 is 5.78 Å². The van der Waals surface area contributed by atoms with Gasteiger partial charge in [0.2, 0.25) is 0 Å². The average molecular weight is 135 g/mol. The molecule has 2 nitrogen and oxygen atoms in total. The minimum atomic E-state index is -0.389. The molecule has 0 aliphatic heterocycles. The molecule has 1 rings (SSSR count). The lowest BCUT2D eigenvalue weighted by Crippen LogP contribution is -2.05. The van der Waals surface area contributed by atoms with Crippen molar-refractivity contribution in [2.24, 2.45) is 5.92 Å². The van der Waals surface area contributed by atoms with Crippen LogP contribution < -0.4 is 0 Å². The number of nitrogens with zero attached hydrogens (tertiary/aromatic N) is 1. The molecule has 0 aromatic carbocycles. The highest BCUT2D eigenvalue weighted by Crippen LogP contribution is 2.26. The van der Waals surface area contributed by atoms with E-state index in [1.54, 1.807) is 6.92 Å². The van der Waals surface area contributed by atoms with E-state index in [1.165, 1.54) is 0 Å². The second-order valence-electron chi connectivity index (χ2n) is 2.66. The fourth-order valence-electron chi connectivity index (χ4n) is 1.13. The third kappa shape index (κ3) is 0.841. The van der Waals surface area contributed by atoms with Gasteiger partial charge in [0.15, 0.2) is 5.78 Å². The van der Waals surface area contributed by atoms with Gasteiger partial charge in [0, 0.05) is 0 Å². The van der Waals surface area contributed by atoms with Crippen molar-refractivity contribution in [1.82, 2.24) is 0 Å². The summed E-state index contributed by atoms with van der Waals surface area (Å²) in [6.07, 6.45) is 0.640. The minimum Gasteiger partial charge on any atom is -0.293 e. The van der Waals surface area contributed by atoms with Crippen LogP contribution in [0.4, 0.5) is 0 Å². The molecule has 0 aromatic heterocycles. The number of allylic oxidation sites excluding steroid dienone is 2. The molecule has 0 aromatic rings. The summed E-state index contributed by atoms with van der Waals surface area (Å²) in [4.78, 5) is 11.1. The van der Waals surface area contributed by atoms with Gasteiger partial charge in [-0.25, -0.2) is 0 Å². The lowest BCUT2D eigenvalue weighted by atomic mass is 10.1. The molecule has 1 aliphatic rings. The summed E-state index contributed by atoms with van der Waals surface area (Å²) < 4.78 is 0. The number of hydrogen-bond acceptors (Lipinski definition) is 2. The maximum Gasteiger partial charge on any atom is 0.175 e. The van der Waals surface area contributed by atoms with Crippen molar-refractivity contribution in [3.8, 4) is 6.07 Å². The Morgan fingerprint density at radius 1 is 1.60 bits per heavy atom. The van der Waals surface area contributed by atoms with E-state index in [0.717, 1.165) is 11.1 Å². The first kappa shape index (κ1) is 7.01. The highest BCUT2D eigenvalue weighted by atomic mass is 16.1. The first-order valence-corrected chi connectivity index (χ1v) is 3.27. The van der Waals surface area contributed by atoms with Crippen LogP contribution in [0.3, 0.4) is 0 Å². The maximum atomic E-state index is 11.1. The Morgan fingerprint density at radius 3 is 2.40 bits per heavy atom. The minimum absolute atomic E-state index is 0.0139. The van der Waals surface area contributed by atoms with Gasteiger partial charge in [-0.1, -0.05) is 5.57 Å². The molecular weight excluding hydrogens is 126 g/mol. The molecule has 0 spiro atoms. The van der Waals surface area contributed by atoms with Crippen LogP contribution in [0.25, 0.3) is 0 Å². The quantitative estimate of drug-likeness (QED) is 0.504. The SMILES string of the molecule is CC1=C(C)C(=O)C(C#N)C1. The number of carbonyl (C=O) groups is 1. The Bertz CT molecular complexity index is 244. The molecule has 52 valence electrons. The maximum absolute atomic E-state index is 11.1. The molecular formula is C8H9NO. The molecule has 1 aliphatic carbocycles. The van der Waals surface area contributed by atoms with Gasteiger partial charge in [-0.3, -0.25) is 4.79 Å². The number of nitriles is 1. The molecule has 0 bridgehead atoms. The van der Waals surface area contributed by atoms with E-state index in [4.69, 9.17) is 5.26 Å². The number of Topliss-reactive ketones (excluding diaryl/α,β-unsaturated/α-hetero) is 1. The van der Waals surface area contributed by atoms with Crippen LogP contribution in [0.5, 0.6) is 0 Å². The van der Waals surface area contributed by atoms with Crippen molar-refractivity contribution < 1.29 is 4.79 Å². The van der Waals surface area contributed by atoms with E-state index < -0.39 is 0 Å². The normalized spacial score (nSPS) is 25.3. The second kappa shape index (κ2) is 2.26. The molecule has 2 heteroatoms. The van der Waals surface area contributed by atoms with Gasteiger partial charge in [0.05, 0.1) is 6.07 Å². The summed E-state index contributed by atoms with van der Waals surface area (Å²) >= 11 is 0. The zero-order valence-corrected chi connectivity index (χ0v) is 6.14. The first-order chi connectivity index (χ1) is 4.66. The number of rotatable bonds is 0. The molecule has 1 unspecified atom stereocenters. The number of ketones is 1. The van der Waals surface area contributed by atoms with Crippen molar-refractivity contribution in [2.45, 2.75) is 20.3 Å². The van der Waals surface area contributed by atoms with Crippen LogP contribution >= 0.6 is 0 Å². The topological polar surface area (TPSA) is 40.9 Å². The molecule has 0 amide bonds. The highest BCUT2D eigenvalue weighted by Gasteiger charge is 2.27. The lowest BCUT2D eigenvalue weighted by Gasteiger charge is -1.92. The Morgan fingerprint density at radius 2 is 2.20 bits per heavy atom. The first-order valence-electron chi connectivity index (χ1n) is 3.27. The Balaban J connectivity index is 2.90. The van der Waals surface area contributed by atoms with Crippen molar-refractivity contribution in [3.63, 3.8) is 0 Å². The standard InChI is InChI=1S/C8H9NO/c1-5-3-7(4-9)8(10)6(5)2/h7H,3H2,1-2H3. The van der Waals surface area contributed by atoms with E-state index in [9.17, 15) is 4.79 Å². The van der Waals surface area contributed by atoms with Crippen molar-refractivity contribution in [3.05, 3.63) is 11.1 Å². The summed E-state index contributed by atoms with van der Waals surface area (Å²) in [7, 11) is 0. The van der Waals surface area contributed by atoms with Crippen LogP contribution in [0.2, 0.25) is 0 Å². The zero-order chi connectivity index (χ0) is 7.72. The zero-order valence-electron chi connectivity index (χ0n) is 6.14. The summed E-state index contributed by atoms with van der Waals surface area (Å²) in [5.41, 5.74) is 1.85. The summed E-state index contributed by atoms with van der Waals surface area (Å²) in [6, 6.07) is 1.98. The van der Waals surface area contributed by atoms with Crippen LogP contribution in [0.1, 0.15) is 20.3 Å². The fourth-order valence-corrected chi connectivity index (χ4v) is 1.13. The molecule has 10 heavy (non-hydrogen) atoms. The fraction of sp³-hybridized carbons (Fsp3) is 0.500. The smallest absolute Gasteiger partial charge is 0.175 e. The van der Waals surface area contributed by atoms with E-state index >= 15 is 0 Å². The van der Waals surface area contributed by atoms with E-state index in [-0.39, 0.29) is 11.7 Å². The van der Waals surface area contributed by atoms with Crippen LogP contribution in [-0.4, -0.2) is 5.78 Å². The summed E-state index contributed by atoms with van der Waals surface area (Å²) in [6.45, 7) is 3.69. The molecule has 0 radical (unpaired) electrons.